The summed E-state index contributed by atoms with van der Waals surface area (Å²) in [5.74, 6) is 1.51. The van der Waals surface area contributed by atoms with E-state index in [4.69, 9.17) is 0 Å². The van der Waals surface area contributed by atoms with Crippen molar-refractivity contribution in [2.24, 2.45) is 0 Å². The van der Waals surface area contributed by atoms with E-state index in [2.05, 4.69) is 38.2 Å². The van der Waals surface area contributed by atoms with Crippen molar-refractivity contribution >= 4 is 0 Å². The molecular weight excluding hydrogens is 238 g/mol. The van der Waals surface area contributed by atoms with Gasteiger partial charge in [-0.05, 0) is 6.07 Å². The Balaban J connectivity index is 1.65. The minimum absolute atomic E-state index is 0.436. The Morgan fingerprint density at radius 2 is 2.21 bits per heavy atom. The number of hydrogen-bond donors (Lipinski definition) is 3. The van der Waals surface area contributed by atoms with Gasteiger partial charge in [0.15, 0.2) is 0 Å². The molecule has 3 N–H and O–H groups in total. The molecule has 1 aliphatic rings. The summed E-state index contributed by atoms with van der Waals surface area (Å²) in [5.41, 5.74) is 2.25. The van der Waals surface area contributed by atoms with Gasteiger partial charge in [-0.1, -0.05) is 6.92 Å². The topological polar surface area (TPSA) is 59.7 Å². The van der Waals surface area contributed by atoms with Crippen molar-refractivity contribution in [1.29, 1.82) is 0 Å². The van der Waals surface area contributed by atoms with Gasteiger partial charge >= 0.3 is 0 Å². The van der Waals surface area contributed by atoms with E-state index in [-0.39, 0.29) is 0 Å². The summed E-state index contributed by atoms with van der Waals surface area (Å²) in [5, 5.41) is 3.38. The number of nitrogens with one attached hydrogen (secondary N) is 3. The first-order chi connectivity index (χ1) is 9.33. The summed E-state index contributed by atoms with van der Waals surface area (Å²) >= 11 is 0. The molecule has 0 aliphatic carbocycles. The van der Waals surface area contributed by atoms with Crippen LogP contribution < -0.4 is 5.32 Å². The fourth-order valence-electron chi connectivity index (χ4n) is 2.59. The van der Waals surface area contributed by atoms with Gasteiger partial charge in [0.2, 0.25) is 0 Å². The average Bonchev–Trinajstić information content (AvgIpc) is 3.11. The third-order valence-corrected chi connectivity index (χ3v) is 3.71. The first-order valence-corrected chi connectivity index (χ1v) is 6.94. The SMILES string of the molecule is CC(CN1CCNCC1)c1ncc(-c2cc[nH]c2)[nH]1. The molecule has 0 spiro atoms. The Bertz CT molecular complexity index is 496. The third-order valence-electron chi connectivity index (χ3n) is 3.71. The molecule has 2 aromatic heterocycles. The van der Waals surface area contributed by atoms with Crippen LogP contribution in [0.15, 0.2) is 24.7 Å². The lowest BCUT2D eigenvalue weighted by molar-refractivity contribution is 0.229. The Labute approximate surface area is 113 Å². The number of piperazine rings is 1. The quantitative estimate of drug-likeness (QED) is 0.778. The molecule has 3 heterocycles. The zero-order valence-corrected chi connectivity index (χ0v) is 11.3. The number of aromatic nitrogens is 3. The molecule has 3 rings (SSSR count). The van der Waals surface area contributed by atoms with Gasteiger partial charge in [0.05, 0.1) is 11.9 Å². The van der Waals surface area contributed by atoms with Gasteiger partial charge in [-0.2, -0.15) is 0 Å². The molecule has 0 bridgehead atoms. The summed E-state index contributed by atoms with van der Waals surface area (Å²) in [7, 11) is 0. The van der Waals surface area contributed by atoms with Crippen molar-refractivity contribution in [1.82, 2.24) is 25.2 Å². The minimum Gasteiger partial charge on any atom is -0.367 e. The van der Waals surface area contributed by atoms with Crippen LogP contribution in [0.3, 0.4) is 0 Å². The van der Waals surface area contributed by atoms with E-state index in [1.165, 1.54) is 0 Å². The second-order valence-electron chi connectivity index (χ2n) is 5.23. The third kappa shape index (κ3) is 2.88. The normalized spacial score (nSPS) is 18.6. The van der Waals surface area contributed by atoms with Crippen LogP contribution in [0.5, 0.6) is 0 Å². The molecule has 5 heteroatoms. The zero-order valence-electron chi connectivity index (χ0n) is 11.3. The van der Waals surface area contributed by atoms with E-state index >= 15 is 0 Å². The summed E-state index contributed by atoms with van der Waals surface area (Å²) in [6, 6.07) is 2.05. The van der Waals surface area contributed by atoms with E-state index in [1.807, 2.05) is 18.6 Å². The molecular formula is C14H21N5. The molecule has 2 aromatic rings. The van der Waals surface area contributed by atoms with Crippen LogP contribution in [0, 0.1) is 0 Å². The summed E-state index contributed by atoms with van der Waals surface area (Å²) < 4.78 is 0. The number of H-pyrrole nitrogens is 2. The molecule has 1 aliphatic heterocycles. The Hall–Kier alpha value is -1.59. The summed E-state index contributed by atoms with van der Waals surface area (Å²) in [6.07, 6.45) is 5.84. The highest BCUT2D eigenvalue weighted by Crippen LogP contribution is 2.20. The van der Waals surface area contributed by atoms with Crippen molar-refractivity contribution in [2.45, 2.75) is 12.8 Å². The van der Waals surface area contributed by atoms with Crippen LogP contribution in [0.4, 0.5) is 0 Å². The molecule has 102 valence electrons. The molecule has 1 saturated heterocycles. The Morgan fingerprint density at radius 3 is 2.95 bits per heavy atom. The second kappa shape index (κ2) is 5.59. The maximum Gasteiger partial charge on any atom is 0.110 e. The fourth-order valence-corrected chi connectivity index (χ4v) is 2.59. The molecule has 1 atom stereocenters. The van der Waals surface area contributed by atoms with Crippen LogP contribution >= 0.6 is 0 Å². The number of rotatable bonds is 4. The van der Waals surface area contributed by atoms with Gasteiger partial charge in [0, 0.05) is 56.6 Å². The predicted molar refractivity (Wildman–Crippen MR) is 76.1 cm³/mol. The highest BCUT2D eigenvalue weighted by molar-refractivity contribution is 5.57. The monoisotopic (exact) mass is 259 g/mol. The van der Waals surface area contributed by atoms with Crippen molar-refractivity contribution in [3.05, 3.63) is 30.5 Å². The van der Waals surface area contributed by atoms with Gasteiger partial charge in [-0.3, -0.25) is 0 Å². The largest absolute Gasteiger partial charge is 0.367 e. The molecule has 5 nitrogen and oxygen atoms in total. The van der Waals surface area contributed by atoms with E-state index in [9.17, 15) is 0 Å². The first-order valence-electron chi connectivity index (χ1n) is 6.94. The number of nitrogens with zero attached hydrogens (tertiary/aromatic N) is 2. The predicted octanol–water partition coefficient (Wildman–Crippen LogP) is 1.41. The van der Waals surface area contributed by atoms with Crippen LogP contribution in [0.2, 0.25) is 0 Å². The standard InChI is InChI=1S/C14H21N5/c1-11(10-19-6-4-15-5-7-19)14-17-9-13(18-14)12-2-3-16-8-12/h2-3,8-9,11,15-16H,4-7,10H2,1H3,(H,17,18). The van der Waals surface area contributed by atoms with Gasteiger partial charge in [-0.25, -0.2) is 4.98 Å². The van der Waals surface area contributed by atoms with Crippen LogP contribution in [-0.4, -0.2) is 52.6 Å². The highest BCUT2D eigenvalue weighted by Gasteiger charge is 2.16. The Kier molecular flexibility index (Phi) is 3.66. The summed E-state index contributed by atoms with van der Waals surface area (Å²) in [4.78, 5) is 13.5. The summed E-state index contributed by atoms with van der Waals surface area (Å²) in [6.45, 7) is 7.77. The minimum atomic E-state index is 0.436. The van der Waals surface area contributed by atoms with E-state index in [1.54, 1.807) is 0 Å². The van der Waals surface area contributed by atoms with E-state index < -0.39 is 0 Å². The molecule has 1 fully saturated rings. The maximum absolute atomic E-state index is 4.53. The lowest BCUT2D eigenvalue weighted by atomic mass is 10.1. The number of hydrogen-bond acceptors (Lipinski definition) is 3. The lowest BCUT2D eigenvalue weighted by Crippen LogP contribution is -2.44. The van der Waals surface area contributed by atoms with Crippen LogP contribution in [0.1, 0.15) is 18.7 Å². The lowest BCUT2D eigenvalue weighted by Gasteiger charge is -2.29. The van der Waals surface area contributed by atoms with Gasteiger partial charge in [-0.15, -0.1) is 0 Å². The van der Waals surface area contributed by atoms with Crippen molar-refractivity contribution in [2.75, 3.05) is 32.7 Å². The van der Waals surface area contributed by atoms with Gasteiger partial charge in [0.25, 0.3) is 0 Å². The Morgan fingerprint density at radius 1 is 1.37 bits per heavy atom. The van der Waals surface area contributed by atoms with Crippen molar-refractivity contribution in [3.63, 3.8) is 0 Å². The number of aromatic amines is 2. The van der Waals surface area contributed by atoms with E-state index in [0.29, 0.717) is 5.92 Å². The maximum atomic E-state index is 4.53. The van der Waals surface area contributed by atoms with Crippen molar-refractivity contribution in [3.8, 4) is 11.3 Å². The smallest absolute Gasteiger partial charge is 0.110 e. The first kappa shape index (κ1) is 12.4. The molecule has 19 heavy (non-hydrogen) atoms. The van der Waals surface area contributed by atoms with Crippen molar-refractivity contribution < 1.29 is 0 Å². The van der Waals surface area contributed by atoms with E-state index in [0.717, 1.165) is 49.8 Å². The van der Waals surface area contributed by atoms with Crippen LogP contribution in [-0.2, 0) is 0 Å². The molecule has 0 radical (unpaired) electrons. The van der Waals surface area contributed by atoms with Gasteiger partial charge < -0.3 is 20.2 Å². The fraction of sp³-hybridized carbons (Fsp3) is 0.500. The zero-order chi connectivity index (χ0) is 13.1. The molecule has 1 unspecified atom stereocenters. The molecule has 0 aromatic carbocycles. The highest BCUT2D eigenvalue weighted by atomic mass is 15.2. The number of imidazole rings is 1. The van der Waals surface area contributed by atoms with Gasteiger partial charge in [0.1, 0.15) is 5.82 Å². The molecule has 0 saturated carbocycles. The average molecular weight is 259 g/mol. The second-order valence-corrected chi connectivity index (χ2v) is 5.23. The molecule has 0 amide bonds. The van der Waals surface area contributed by atoms with Crippen LogP contribution in [0.25, 0.3) is 11.3 Å².